The molecule has 0 nitrogen and oxygen atoms in total. The maximum Gasteiger partial charge on any atom is -0.0334 e. The van der Waals surface area contributed by atoms with E-state index in [2.05, 4.69) is 20.8 Å². The Balaban J connectivity index is 2.12. The molecular formula is C12H22. The Morgan fingerprint density at radius 2 is 1.42 bits per heavy atom. The van der Waals surface area contributed by atoms with Gasteiger partial charge in [-0.25, -0.2) is 0 Å². The van der Waals surface area contributed by atoms with E-state index in [-0.39, 0.29) is 0 Å². The molecule has 3 saturated carbocycles. The SMILES string of the molecule is CC(C)C1C2CCC(CC2)C1C. The highest BCUT2D eigenvalue weighted by Crippen LogP contribution is 2.51. The van der Waals surface area contributed by atoms with E-state index in [1.807, 2.05) is 0 Å². The van der Waals surface area contributed by atoms with Gasteiger partial charge in [-0.05, 0) is 55.3 Å². The lowest BCUT2D eigenvalue weighted by Crippen LogP contribution is -2.40. The summed E-state index contributed by atoms with van der Waals surface area (Å²) in [6.07, 6.45) is 6.15. The summed E-state index contributed by atoms with van der Waals surface area (Å²) in [6, 6.07) is 0. The van der Waals surface area contributed by atoms with E-state index in [4.69, 9.17) is 0 Å². The fourth-order valence-electron chi connectivity index (χ4n) is 3.95. The van der Waals surface area contributed by atoms with Crippen LogP contribution in [0, 0.1) is 29.6 Å². The fourth-order valence-corrected chi connectivity index (χ4v) is 3.95. The molecule has 3 fully saturated rings. The third kappa shape index (κ3) is 1.20. The molecule has 0 spiro atoms. The lowest BCUT2D eigenvalue weighted by Gasteiger charge is -2.49. The molecule has 0 aromatic rings. The quantitative estimate of drug-likeness (QED) is 0.557. The van der Waals surface area contributed by atoms with Crippen LogP contribution >= 0.6 is 0 Å². The van der Waals surface area contributed by atoms with Gasteiger partial charge in [0.25, 0.3) is 0 Å². The second-order valence-corrected chi connectivity index (χ2v) is 5.36. The summed E-state index contributed by atoms with van der Waals surface area (Å²) in [4.78, 5) is 0. The highest BCUT2D eigenvalue weighted by molar-refractivity contribution is 4.91. The minimum atomic E-state index is 0.924. The van der Waals surface area contributed by atoms with Gasteiger partial charge in [0, 0.05) is 0 Å². The summed E-state index contributed by atoms with van der Waals surface area (Å²) >= 11 is 0. The number of hydrogen-bond acceptors (Lipinski definition) is 0. The number of fused-ring (bicyclic) bond motifs is 3. The minimum absolute atomic E-state index is 0.924. The average Bonchev–Trinajstić information content (AvgIpc) is 2.05. The first-order chi connectivity index (χ1) is 5.70. The van der Waals surface area contributed by atoms with Crippen LogP contribution in [0.1, 0.15) is 46.5 Å². The zero-order valence-corrected chi connectivity index (χ0v) is 8.72. The van der Waals surface area contributed by atoms with Gasteiger partial charge in [-0.1, -0.05) is 20.8 Å². The summed E-state index contributed by atoms with van der Waals surface area (Å²) in [7, 11) is 0. The van der Waals surface area contributed by atoms with E-state index in [0.717, 1.165) is 29.6 Å². The van der Waals surface area contributed by atoms with Crippen LogP contribution in [-0.2, 0) is 0 Å². The summed E-state index contributed by atoms with van der Waals surface area (Å²) in [5, 5.41) is 0. The molecule has 12 heavy (non-hydrogen) atoms. The Hall–Kier alpha value is 0. The molecule has 0 aromatic heterocycles. The monoisotopic (exact) mass is 166 g/mol. The number of rotatable bonds is 1. The maximum atomic E-state index is 2.50. The zero-order chi connectivity index (χ0) is 8.72. The van der Waals surface area contributed by atoms with Crippen LogP contribution in [0.3, 0.4) is 0 Å². The zero-order valence-electron chi connectivity index (χ0n) is 8.72. The molecule has 3 aliphatic carbocycles. The van der Waals surface area contributed by atoms with E-state index < -0.39 is 0 Å². The molecule has 0 radical (unpaired) electrons. The van der Waals surface area contributed by atoms with Crippen LogP contribution in [0.2, 0.25) is 0 Å². The van der Waals surface area contributed by atoms with Crippen molar-refractivity contribution in [1.29, 1.82) is 0 Å². The summed E-state index contributed by atoms with van der Waals surface area (Å²) < 4.78 is 0. The molecule has 0 aliphatic heterocycles. The van der Waals surface area contributed by atoms with Crippen LogP contribution in [0.15, 0.2) is 0 Å². The van der Waals surface area contributed by atoms with Crippen molar-refractivity contribution in [2.75, 3.05) is 0 Å². The molecule has 0 aromatic carbocycles. The standard InChI is InChI=1S/C12H22/c1-8(2)12-9(3)10-4-6-11(12)7-5-10/h8-12H,4-7H2,1-3H3. The predicted octanol–water partition coefficient (Wildman–Crippen LogP) is 3.71. The second-order valence-electron chi connectivity index (χ2n) is 5.36. The summed E-state index contributed by atoms with van der Waals surface area (Å²) in [6.45, 7) is 7.34. The summed E-state index contributed by atoms with van der Waals surface area (Å²) in [5.74, 6) is 5.18. The Morgan fingerprint density at radius 1 is 0.917 bits per heavy atom. The number of hydrogen-bond donors (Lipinski definition) is 0. The van der Waals surface area contributed by atoms with Crippen molar-refractivity contribution in [2.45, 2.75) is 46.5 Å². The smallest absolute Gasteiger partial charge is 0.0334 e. The van der Waals surface area contributed by atoms with Gasteiger partial charge >= 0.3 is 0 Å². The molecule has 2 unspecified atom stereocenters. The van der Waals surface area contributed by atoms with E-state index >= 15 is 0 Å². The molecule has 2 bridgehead atoms. The van der Waals surface area contributed by atoms with Crippen molar-refractivity contribution in [2.24, 2.45) is 29.6 Å². The molecular weight excluding hydrogens is 144 g/mol. The van der Waals surface area contributed by atoms with Crippen LogP contribution in [0.4, 0.5) is 0 Å². The maximum absolute atomic E-state index is 2.50. The van der Waals surface area contributed by atoms with Gasteiger partial charge in [0.15, 0.2) is 0 Å². The van der Waals surface area contributed by atoms with Gasteiger partial charge in [0.1, 0.15) is 0 Å². The first-order valence-corrected chi connectivity index (χ1v) is 5.70. The minimum Gasteiger partial charge on any atom is -0.0625 e. The van der Waals surface area contributed by atoms with Gasteiger partial charge < -0.3 is 0 Å². The summed E-state index contributed by atoms with van der Waals surface area (Å²) in [5.41, 5.74) is 0. The molecule has 0 N–H and O–H groups in total. The lowest BCUT2D eigenvalue weighted by atomic mass is 9.56. The third-order valence-electron chi connectivity index (χ3n) is 4.48. The molecule has 0 saturated heterocycles. The van der Waals surface area contributed by atoms with Gasteiger partial charge in [-0.2, -0.15) is 0 Å². The van der Waals surface area contributed by atoms with Crippen molar-refractivity contribution < 1.29 is 0 Å². The Bertz CT molecular complexity index is 149. The van der Waals surface area contributed by atoms with E-state index in [1.54, 1.807) is 0 Å². The van der Waals surface area contributed by atoms with Crippen LogP contribution < -0.4 is 0 Å². The van der Waals surface area contributed by atoms with Crippen molar-refractivity contribution >= 4 is 0 Å². The second kappa shape index (κ2) is 3.05. The normalized spacial score (nSPS) is 47.0. The van der Waals surface area contributed by atoms with Crippen molar-refractivity contribution in [3.05, 3.63) is 0 Å². The van der Waals surface area contributed by atoms with Gasteiger partial charge in [-0.15, -0.1) is 0 Å². The Kier molecular flexibility index (Phi) is 2.18. The van der Waals surface area contributed by atoms with Crippen LogP contribution in [0.5, 0.6) is 0 Å². The topological polar surface area (TPSA) is 0 Å². The highest BCUT2D eigenvalue weighted by Gasteiger charge is 2.41. The Morgan fingerprint density at radius 3 is 1.75 bits per heavy atom. The molecule has 0 heteroatoms. The van der Waals surface area contributed by atoms with E-state index in [1.165, 1.54) is 25.7 Å². The van der Waals surface area contributed by atoms with E-state index in [9.17, 15) is 0 Å². The van der Waals surface area contributed by atoms with Gasteiger partial charge in [0.05, 0.1) is 0 Å². The predicted molar refractivity (Wildman–Crippen MR) is 52.9 cm³/mol. The molecule has 0 amide bonds. The van der Waals surface area contributed by atoms with Crippen molar-refractivity contribution in [3.63, 3.8) is 0 Å². The molecule has 2 atom stereocenters. The van der Waals surface area contributed by atoms with E-state index in [0.29, 0.717) is 0 Å². The average molecular weight is 166 g/mol. The Labute approximate surface area is 76.7 Å². The first kappa shape index (κ1) is 8.59. The lowest BCUT2D eigenvalue weighted by molar-refractivity contribution is 0.00673. The van der Waals surface area contributed by atoms with Crippen LogP contribution in [-0.4, -0.2) is 0 Å². The van der Waals surface area contributed by atoms with Gasteiger partial charge in [-0.3, -0.25) is 0 Å². The first-order valence-electron chi connectivity index (χ1n) is 5.70. The van der Waals surface area contributed by atoms with Crippen molar-refractivity contribution in [3.8, 4) is 0 Å². The molecule has 3 rings (SSSR count). The fraction of sp³-hybridized carbons (Fsp3) is 1.00. The van der Waals surface area contributed by atoms with Crippen molar-refractivity contribution in [1.82, 2.24) is 0 Å². The van der Waals surface area contributed by atoms with Gasteiger partial charge in [0.2, 0.25) is 0 Å². The molecule has 70 valence electrons. The molecule has 0 heterocycles. The third-order valence-corrected chi connectivity index (χ3v) is 4.48. The highest BCUT2D eigenvalue weighted by atomic mass is 14.5. The largest absolute Gasteiger partial charge is 0.0625 e. The van der Waals surface area contributed by atoms with Crippen LogP contribution in [0.25, 0.3) is 0 Å². The molecule has 3 aliphatic rings.